The van der Waals surface area contributed by atoms with Crippen molar-refractivity contribution in [1.29, 1.82) is 5.26 Å². The molecule has 3 N–H and O–H groups in total. The number of aliphatic hydroxyl groups is 1. The summed E-state index contributed by atoms with van der Waals surface area (Å²) in [5, 5.41) is 26.7. The van der Waals surface area contributed by atoms with Crippen LogP contribution in [0.25, 0.3) is 0 Å². The number of nitrogens with zero attached hydrogens (tertiary/aromatic N) is 1. The van der Waals surface area contributed by atoms with Crippen LogP contribution in [0.1, 0.15) is 18.1 Å². The first-order chi connectivity index (χ1) is 9.25. The maximum atomic E-state index is 11.8. The topological polar surface area (TPSA) is 127 Å². The quantitative estimate of drug-likeness (QED) is 0.668. The van der Waals surface area contributed by atoms with Gasteiger partial charge in [-0.05, 0) is 24.6 Å². The average Bonchev–Trinajstić information content (AvgIpc) is 2.36. The molecule has 1 rings (SSSR count). The number of sulfonamides is 1. The van der Waals surface area contributed by atoms with Crippen LogP contribution in [0.5, 0.6) is 0 Å². The molecule has 0 radical (unpaired) electrons. The molecular formula is C12H14N2O5S. The minimum atomic E-state index is -3.92. The molecule has 0 aliphatic heterocycles. The van der Waals surface area contributed by atoms with Crippen molar-refractivity contribution in [2.75, 3.05) is 0 Å². The molecule has 0 fully saturated rings. The molecule has 0 spiro atoms. The predicted octanol–water partition coefficient (Wildman–Crippen LogP) is -0.188. The summed E-state index contributed by atoms with van der Waals surface area (Å²) in [6.07, 6.45) is -1.36. The Bertz CT molecular complexity index is 616. The number of carbonyl (C=O) groups is 1. The Morgan fingerprint density at radius 1 is 1.40 bits per heavy atom. The number of aliphatic hydroxyl groups excluding tert-OH is 1. The third-order valence-corrected chi connectivity index (χ3v) is 3.82. The number of aliphatic carboxylic acids is 1. The van der Waals surface area contributed by atoms with E-state index in [-0.39, 0.29) is 0 Å². The van der Waals surface area contributed by atoms with E-state index in [1.807, 2.05) is 10.8 Å². The van der Waals surface area contributed by atoms with E-state index < -0.39 is 33.9 Å². The SMILES string of the molecule is C[C@@H](O)[C@H](NS(=O)(=O)Cc1ccc(C#N)cc1)C(=O)O. The van der Waals surface area contributed by atoms with E-state index in [4.69, 9.17) is 10.4 Å². The number of carboxylic acids is 1. The van der Waals surface area contributed by atoms with E-state index in [0.717, 1.165) is 0 Å². The second kappa shape index (κ2) is 6.47. The molecule has 0 amide bonds. The third kappa shape index (κ3) is 4.62. The van der Waals surface area contributed by atoms with Crippen molar-refractivity contribution >= 4 is 16.0 Å². The molecule has 2 atom stereocenters. The molecule has 8 heteroatoms. The van der Waals surface area contributed by atoms with Gasteiger partial charge in [0.25, 0.3) is 0 Å². The van der Waals surface area contributed by atoms with Crippen molar-refractivity contribution in [3.05, 3.63) is 35.4 Å². The van der Waals surface area contributed by atoms with Crippen LogP contribution >= 0.6 is 0 Å². The molecule has 0 aliphatic carbocycles. The van der Waals surface area contributed by atoms with Crippen molar-refractivity contribution in [1.82, 2.24) is 4.72 Å². The standard InChI is InChI=1S/C12H14N2O5S/c1-8(15)11(12(16)17)14-20(18,19)7-10-4-2-9(6-13)3-5-10/h2-5,8,11,14-15H,7H2,1H3,(H,16,17)/t8-,11+/m1/s1. The van der Waals surface area contributed by atoms with Gasteiger partial charge in [-0.15, -0.1) is 0 Å². The van der Waals surface area contributed by atoms with Gasteiger partial charge in [-0.1, -0.05) is 12.1 Å². The fraction of sp³-hybridized carbons (Fsp3) is 0.333. The molecule has 0 unspecified atom stereocenters. The van der Waals surface area contributed by atoms with Gasteiger partial charge in [0, 0.05) is 0 Å². The molecule has 1 aromatic rings. The largest absolute Gasteiger partial charge is 0.480 e. The predicted molar refractivity (Wildman–Crippen MR) is 70.0 cm³/mol. The molecule has 0 heterocycles. The number of benzene rings is 1. The maximum Gasteiger partial charge on any atom is 0.324 e. The first-order valence-electron chi connectivity index (χ1n) is 5.65. The Morgan fingerprint density at radius 3 is 2.35 bits per heavy atom. The van der Waals surface area contributed by atoms with Crippen LogP contribution in [0.4, 0.5) is 0 Å². The van der Waals surface area contributed by atoms with Crippen LogP contribution in [0.3, 0.4) is 0 Å². The zero-order valence-corrected chi connectivity index (χ0v) is 11.5. The second-order valence-corrected chi connectivity index (χ2v) is 6.00. The van der Waals surface area contributed by atoms with Gasteiger partial charge >= 0.3 is 5.97 Å². The molecule has 20 heavy (non-hydrogen) atoms. The number of rotatable bonds is 6. The number of hydrogen-bond donors (Lipinski definition) is 3. The van der Waals surface area contributed by atoms with E-state index >= 15 is 0 Å². The zero-order chi connectivity index (χ0) is 15.3. The maximum absolute atomic E-state index is 11.8. The molecule has 108 valence electrons. The molecule has 7 nitrogen and oxygen atoms in total. The normalized spacial score (nSPS) is 14.2. The molecule has 0 aliphatic rings. The van der Waals surface area contributed by atoms with E-state index in [1.54, 1.807) is 0 Å². The summed E-state index contributed by atoms with van der Waals surface area (Å²) in [5.74, 6) is -1.89. The number of carboxylic acid groups (broad SMARTS) is 1. The summed E-state index contributed by atoms with van der Waals surface area (Å²) < 4.78 is 25.6. The lowest BCUT2D eigenvalue weighted by Gasteiger charge is -2.17. The molecule has 1 aromatic carbocycles. The molecular weight excluding hydrogens is 284 g/mol. The minimum Gasteiger partial charge on any atom is -0.480 e. The lowest BCUT2D eigenvalue weighted by Crippen LogP contribution is -2.47. The Balaban J connectivity index is 2.83. The van der Waals surface area contributed by atoms with Crippen LogP contribution in [0.2, 0.25) is 0 Å². The number of nitriles is 1. The van der Waals surface area contributed by atoms with Gasteiger partial charge in [0.1, 0.15) is 6.04 Å². The van der Waals surface area contributed by atoms with Crippen LogP contribution in [0, 0.1) is 11.3 Å². The minimum absolute atomic E-state index is 0.395. The lowest BCUT2D eigenvalue weighted by atomic mass is 10.2. The Hall–Kier alpha value is -1.95. The van der Waals surface area contributed by atoms with Crippen LogP contribution in [-0.2, 0) is 20.6 Å². The van der Waals surface area contributed by atoms with Crippen molar-refractivity contribution in [3.63, 3.8) is 0 Å². The van der Waals surface area contributed by atoms with Gasteiger partial charge in [0.05, 0.1) is 23.5 Å². The second-order valence-electron chi connectivity index (χ2n) is 4.24. The first kappa shape index (κ1) is 16.1. The Kier molecular flexibility index (Phi) is 5.21. The van der Waals surface area contributed by atoms with Crippen molar-refractivity contribution in [3.8, 4) is 6.07 Å². The van der Waals surface area contributed by atoms with Crippen LogP contribution < -0.4 is 4.72 Å². The molecule has 0 aromatic heterocycles. The number of hydrogen-bond acceptors (Lipinski definition) is 5. The van der Waals surface area contributed by atoms with E-state index in [1.165, 1.54) is 31.2 Å². The summed E-state index contributed by atoms with van der Waals surface area (Å²) >= 11 is 0. The van der Waals surface area contributed by atoms with Gasteiger partial charge in [0.2, 0.25) is 10.0 Å². The average molecular weight is 298 g/mol. The first-order valence-corrected chi connectivity index (χ1v) is 7.30. The summed E-state index contributed by atoms with van der Waals surface area (Å²) in [7, 11) is -3.92. The zero-order valence-electron chi connectivity index (χ0n) is 10.6. The summed E-state index contributed by atoms with van der Waals surface area (Å²) in [6.45, 7) is 1.18. The Labute approximate surface area is 116 Å². The van der Waals surface area contributed by atoms with Gasteiger partial charge in [-0.3, -0.25) is 4.79 Å². The van der Waals surface area contributed by atoms with Gasteiger partial charge in [-0.2, -0.15) is 9.98 Å². The van der Waals surface area contributed by atoms with Gasteiger partial charge in [0.15, 0.2) is 0 Å². The molecule has 0 saturated heterocycles. The smallest absolute Gasteiger partial charge is 0.324 e. The van der Waals surface area contributed by atoms with Crippen molar-refractivity contribution < 1.29 is 23.4 Å². The molecule has 0 saturated carbocycles. The lowest BCUT2D eigenvalue weighted by molar-refractivity contribution is -0.141. The van der Waals surface area contributed by atoms with Gasteiger partial charge < -0.3 is 10.2 Å². The number of nitrogens with one attached hydrogen (secondary N) is 1. The Morgan fingerprint density at radius 2 is 1.95 bits per heavy atom. The van der Waals surface area contributed by atoms with Gasteiger partial charge in [-0.25, -0.2) is 8.42 Å². The van der Waals surface area contributed by atoms with Crippen LogP contribution in [0.15, 0.2) is 24.3 Å². The van der Waals surface area contributed by atoms with Crippen molar-refractivity contribution in [2.45, 2.75) is 24.8 Å². The summed E-state index contributed by atoms with van der Waals surface area (Å²) in [5.41, 5.74) is 0.803. The highest BCUT2D eigenvalue weighted by molar-refractivity contribution is 7.88. The monoisotopic (exact) mass is 298 g/mol. The highest BCUT2D eigenvalue weighted by Crippen LogP contribution is 2.08. The van der Waals surface area contributed by atoms with Crippen molar-refractivity contribution in [2.24, 2.45) is 0 Å². The van der Waals surface area contributed by atoms with E-state index in [2.05, 4.69) is 0 Å². The third-order valence-electron chi connectivity index (χ3n) is 2.49. The van der Waals surface area contributed by atoms with E-state index in [0.29, 0.717) is 11.1 Å². The van der Waals surface area contributed by atoms with Crippen LogP contribution in [-0.4, -0.2) is 36.7 Å². The fourth-order valence-corrected chi connectivity index (χ4v) is 2.88. The highest BCUT2D eigenvalue weighted by atomic mass is 32.2. The molecule has 0 bridgehead atoms. The summed E-state index contributed by atoms with van der Waals surface area (Å²) in [6, 6.07) is 6.17. The summed E-state index contributed by atoms with van der Waals surface area (Å²) in [4.78, 5) is 10.8. The van der Waals surface area contributed by atoms with E-state index in [9.17, 15) is 18.3 Å². The fourth-order valence-electron chi connectivity index (χ4n) is 1.49. The highest BCUT2D eigenvalue weighted by Gasteiger charge is 2.28.